The van der Waals surface area contributed by atoms with Crippen molar-refractivity contribution in [2.24, 2.45) is 5.16 Å². The van der Waals surface area contributed by atoms with Gasteiger partial charge in [-0.15, -0.1) is 5.10 Å². The highest BCUT2D eigenvalue weighted by Crippen LogP contribution is 2.22. The van der Waals surface area contributed by atoms with Gasteiger partial charge in [0.1, 0.15) is 18.1 Å². The molecule has 3 aromatic rings. The fraction of sp³-hybridized carbons (Fsp3) is 0.292. The zero-order valence-corrected chi connectivity index (χ0v) is 19.0. The highest BCUT2D eigenvalue weighted by Gasteiger charge is 2.28. The Hall–Kier alpha value is -4.21. The van der Waals surface area contributed by atoms with Crippen LogP contribution in [-0.4, -0.2) is 50.3 Å². The standard InChI is InChI=1S/C24H26N6O4/c1-3-25-23(31)16-7-11-19(12-8-16)30-21(22(27-29-30)24(32)26-18-9-10-18)14-34-20-6-4-5-17(13-20)15(2)28-33/h4-8,11-13,18,33H,3,9-10,14H2,1-2H3,(H,25,31)(H,26,32). The maximum atomic E-state index is 12.8. The third-order valence-corrected chi connectivity index (χ3v) is 5.38. The summed E-state index contributed by atoms with van der Waals surface area (Å²) in [5, 5.41) is 26.3. The van der Waals surface area contributed by atoms with Crippen molar-refractivity contribution in [2.45, 2.75) is 39.3 Å². The van der Waals surface area contributed by atoms with Crippen LogP contribution in [0.25, 0.3) is 5.69 Å². The van der Waals surface area contributed by atoms with Crippen LogP contribution in [0.1, 0.15) is 58.8 Å². The number of rotatable bonds is 9. The zero-order valence-electron chi connectivity index (χ0n) is 19.0. The van der Waals surface area contributed by atoms with Crippen molar-refractivity contribution in [1.29, 1.82) is 0 Å². The van der Waals surface area contributed by atoms with Crippen LogP contribution >= 0.6 is 0 Å². The first-order chi connectivity index (χ1) is 16.5. The number of nitrogens with one attached hydrogen (secondary N) is 2. The maximum Gasteiger partial charge on any atom is 0.274 e. The molecule has 1 heterocycles. The van der Waals surface area contributed by atoms with Gasteiger partial charge in [0.05, 0.1) is 11.4 Å². The van der Waals surface area contributed by atoms with Gasteiger partial charge in [-0.05, 0) is 63.1 Å². The summed E-state index contributed by atoms with van der Waals surface area (Å²) in [5.41, 5.74) is 2.98. The van der Waals surface area contributed by atoms with E-state index < -0.39 is 0 Å². The SMILES string of the molecule is CCNC(=O)c1ccc(-n2nnc(C(=O)NC3CC3)c2COc2cccc(C(C)=NO)c2)cc1. The predicted octanol–water partition coefficient (Wildman–Crippen LogP) is 2.69. The van der Waals surface area contributed by atoms with E-state index >= 15 is 0 Å². The molecule has 1 saturated carbocycles. The lowest BCUT2D eigenvalue weighted by Gasteiger charge is -2.11. The molecule has 0 saturated heterocycles. The highest BCUT2D eigenvalue weighted by molar-refractivity contribution is 5.98. The van der Waals surface area contributed by atoms with Gasteiger partial charge in [-0.3, -0.25) is 9.59 Å². The van der Waals surface area contributed by atoms with Crippen molar-refractivity contribution in [3.63, 3.8) is 0 Å². The number of amides is 2. The number of benzene rings is 2. The molecule has 0 atom stereocenters. The highest BCUT2D eigenvalue weighted by atomic mass is 16.5. The summed E-state index contributed by atoms with van der Waals surface area (Å²) in [7, 11) is 0. The fourth-order valence-electron chi connectivity index (χ4n) is 3.33. The summed E-state index contributed by atoms with van der Waals surface area (Å²) in [6.45, 7) is 4.10. The number of carbonyl (C=O) groups is 2. The van der Waals surface area contributed by atoms with Crippen LogP contribution in [0.4, 0.5) is 0 Å². The molecule has 1 aliphatic carbocycles. The van der Waals surface area contributed by atoms with E-state index in [1.54, 1.807) is 55.5 Å². The van der Waals surface area contributed by atoms with Gasteiger partial charge in [0.25, 0.3) is 11.8 Å². The van der Waals surface area contributed by atoms with E-state index in [2.05, 4.69) is 26.1 Å². The minimum absolute atomic E-state index is 0.0251. The van der Waals surface area contributed by atoms with E-state index in [4.69, 9.17) is 9.94 Å². The van der Waals surface area contributed by atoms with Crippen molar-refractivity contribution < 1.29 is 19.5 Å². The van der Waals surface area contributed by atoms with Gasteiger partial charge < -0.3 is 20.6 Å². The molecular weight excluding hydrogens is 436 g/mol. The lowest BCUT2D eigenvalue weighted by molar-refractivity contribution is 0.0939. The molecule has 0 radical (unpaired) electrons. The largest absolute Gasteiger partial charge is 0.487 e. The van der Waals surface area contributed by atoms with Crippen LogP contribution in [-0.2, 0) is 6.61 Å². The Bertz CT molecular complexity index is 1210. The van der Waals surface area contributed by atoms with Crippen molar-refractivity contribution in [2.75, 3.05) is 6.54 Å². The van der Waals surface area contributed by atoms with Gasteiger partial charge in [-0.25, -0.2) is 4.68 Å². The van der Waals surface area contributed by atoms with E-state index in [1.807, 2.05) is 6.92 Å². The number of ether oxygens (including phenoxy) is 1. The molecule has 0 aliphatic heterocycles. The lowest BCUT2D eigenvalue weighted by atomic mass is 10.1. The van der Waals surface area contributed by atoms with E-state index in [9.17, 15) is 9.59 Å². The number of nitrogens with zero attached hydrogens (tertiary/aromatic N) is 4. The maximum absolute atomic E-state index is 12.8. The first kappa shape index (κ1) is 23.0. The molecule has 4 rings (SSSR count). The number of hydrogen-bond acceptors (Lipinski definition) is 7. The summed E-state index contributed by atoms with van der Waals surface area (Å²) in [4.78, 5) is 24.9. The van der Waals surface area contributed by atoms with Crippen molar-refractivity contribution in [3.05, 3.63) is 71.0 Å². The minimum Gasteiger partial charge on any atom is -0.487 e. The molecule has 1 fully saturated rings. The van der Waals surface area contributed by atoms with Gasteiger partial charge in [0.2, 0.25) is 0 Å². The smallest absolute Gasteiger partial charge is 0.274 e. The van der Waals surface area contributed by atoms with Gasteiger partial charge >= 0.3 is 0 Å². The van der Waals surface area contributed by atoms with Crippen LogP contribution in [0.3, 0.4) is 0 Å². The number of oxime groups is 1. The average molecular weight is 463 g/mol. The monoisotopic (exact) mass is 462 g/mol. The molecule has 10 nitrogen and oxygen atoms in total. The van der Waals surface area contributed by atoms with E-state index in [-0.39, 0.29) is 30.2 Å². The third kappa shape index (κ3) is 5.22. The van der Waals surface area contributed by atoms with Crippen LogP contribution in [0.2, 0.25) is 0 Å². The molecule has 34 heavy (non-hydrogen) atoms. The molecule has 176 valence electrons. The molecular formula is C24H26N6O4. The second-order valence-corrected chi connectivity index (χ2v) is 7.95. The van der Waals surface area contributed by atoms with Crippen LogP contribution in [0, 0.1) is 0 Å². The van der Waals surface area contributed by atoms with Crippen molar-refractivity contribution in [3.8, 4) is 11.4 Å². The average Bonchev–Trinajstić information content (AvgIpc) is 3.57. The van der Waals surface area contributed by atoms with Crippen LogP contribution in [0.5, 0.6) is 5.75 Å². The van der Waals surface area contributed by atoms with E-state index in [0.717, 1.165) is 12.8 Å². The number of hydrogen-bond donors (Lipinski definition) is 3. The van der Waals surface area contributed by atoms with Crippen molar-refractivity contribution >= 4 is 17.5 Å². The first-order valence-electron chi connectivity index (χ1n) is 11.1. The van der Waals surface area contributed by atoms with Crippen LogP contribution < -0.4 is 15.4 Å². The van der Waals surface area contributed by atoms with E-state index in [1.165, 1.54) is 4.68 Å². The molecule has 1 aromatic heterocycles. The molecule has 0 spiro atoms. The summed E-state index contributed by atoms with van der Waals surface area (Å²) in [5.74, 6) is 0.0685. The Morgan fingerprint density at radius 1 is 1.15 bits per heavy atom. The van der Waals surface area contributed by atoms with Crippen LogP contribution in [0.15, 0.2) is 53.7 Å². The second kappa shape index (κ2) is 10.2. The Morgan fingerprint density at radius 2 is 1.91 bits per heavy atom. The third-order valence-electron chi connectivity index (χ3n) is 5.38. The predicted molar refractivity (Wildman–Crippen MR) is 125 cm³/mol. The Balaban J connectivity index is 1.62. The van der Waals surface area contributed by atoms with Gasteiger partial charge in [0.15, 0.2) is 5.69 Å². The molecule has 2 aromatic carbocycles. The molecule has 3 N–H and O–H groups in total. The second-order valence-electron chi connectivity index (χ2n) is 7.95. The summed E-state index contributed by atoms with van der Waals surface area (Å²) < 4.78 is 7.51. The van der Waals surface area contributed by atoms with Crippen molar-refractivity contribution in [1.82, 2.24) is 25.6 Å². The number of carbonyl (C=O) groups excluding carboxylic acids is 2. The Morgan fingerprint density at radius 3 is 2.59 bits per heavy atom. The Kier molecular flexibility index (Phi) is 6.86. The zero-order chi connectivity index (χ0) is 24.1. The topological polar surface area (TPSA) is 131 Å². The quantitative estimate of drug-likeness (QED) is 0.255. The molecule has 10 heteroatoms. The van der Waals surface area contributed by atoms with Gasteiger partial charge in [0, 0.05) is 23.7 Å². The normalized spacial score (nSPS) is 13.4. The molecule has 0 bridgehead atoms. The number of aromatic nitrogens is 3. The lowest BCUT2D eigenvalue weighted by Crippen LogP contribution is -2.27. The minimum atomic E-state index is -0.302. The van der Waals surface area contributed by atoms with Gasteiger partial charge in [-0.1, -0.05) is 22.5 Å². The molecule has 0 unspecified atom stereocenters. The summed E-state index contributed by atoms with van der Waals surface area (Å²) >= 11 is 0. The first-order valence-corrected chi connectivity index (χ1v) is 11.1. The molecule has 1 aliphatic rings. The summed E-state index contributed by atoms with van der Waals surface area (Å²) in [6.07, 6.45) is 1.90. The van der Waals surface area contributed by atoms with E-state index in [0.29, 0.717) is 40.5 Å². The fourth-order valence-corrected chi connectivity index (χ4v) is 3.33. The molecule has 2 amide bonds. The van der Waals surface area contributed by atoms with Gasteiger partial charge in [-0.2, -0.15) is 0 Å². The summed E-state index contributed by atoms with van der Waals surface area (Å²) in [6, 6.07) is 14.1. The Labute approximate surface area is 196 Å².